The van der Waals surface area contributed by atoms with Crippen LogP contribution in [0.1, 0.15) is 196 Å². The minimum absolute atomic E-state index is 0.00845. The second-order valence-corrected chi connectivity index (χ2v) is 34.8. The number of hydrogen-bond donors (Lipinski definition) is 27. The van der Waals surface area contributed by atoms with Crippen molar-refractivity contribution in [2.24, 2.45) is 52.5 Å². The molecule has 1 aromatic heterocycles. The number of aromatic nitrogens is 2. The van der Waals surface area contributed by atoms with Crippen LogP contribution in [0.15, 0.2) is 67.1 Å². The molecule has 2 aromatic carbocycles. The van der Waals surface area contributed by atoms with Crippen LogP contribution in [-0.4, -0.2) is 253 Å². The summed E-state index contributed by atoms with van der Waals surface area (Å²) in [6.45, 7) is 20.1. The zero-order chi connectivity index (χ0) is 99.2. The lowest BCUT2D eigenvalue weighted by molar-refractivity contribution is -0.143. The second kappa shape index (κ2) is 58.5. The van der Waals surface area contributed by atoms with Gasteiger partial charge in [0.25, 0.3) is 0 Å². The Labute approximate surface area is 768 Å². The van der Waals surface area contributed by atoms with Crippen LogP contribution in [0.4, 0.5) is 0 Å². The number of imidazole rings is 1. The number of unbranched alkanes of at least 4 members (excludes halogenated alkanes) is 1. The number of aromatic hydroxyl groups is 1. The van der Waals surface area contributed by atoms with E-state index in [1.807, 2.05) is 0 Å². The Morgan fingerprint density at radius 2 is 0.697 bits per heavy atom. The molecule has 734 valence electrons. The molecule has 0 aliphatic rings. The molecule has 0 bridgehead atoms. The molecular weight excluding hydrogens is 1720 g/mol. The van der Waals surface area contributed by atoms with Gasteiger partial charge in [-0.05, 0) is 157 Å². The van der Waals surface area contributed by atoms with Crippen LogP contribution in [-0.2, 0) is 101 Å². The zero-order valence-electron chi connectivity index (χ0n) is 77.2. The molecule has 0 aliphatic carbocycles. The first-order valence-electron chi connectivity index (χ1n) is 44.4. The Bertz CT molecular complexity index is 4310. The Morgan fingerprint density at radius 3 is 1.07 bits per heavy atom. The molecular formula is C87H140N24O21. The third kappa shape index (κ3) is 44.0. The molecule has 1 heterocycles. The molecule has 0 aliphatic heterocycles. The summed E-state index contributed by atoms with van der Waals surface area (Å²) in [5.74, 6) is -19.7. The number of nitrogens with two attached hydrogens (primary N) is 4. The summed E-state index contributed by atoms with van der Waals surface area (Å²) in [5.41, 5.74) is 23.9. The lowest BCUT2D eigenvalue weighted by Crippen LogP contribution is -2.62. The Morgan fingerprint density at radius 1 is 0.371 bits per heavy atom. The molecule has 3 rings (SSSR count). The summed E-state index contributed by atoms with van der Waals surface area (Å²) >= 11 is 0. The van der Waals surface area contributed by atoms with E-state index in [2.05, 4.69) is 95.0 Å². The monoisotopic (exact) mass is 1860 g/mol. The van der Waals surface area contributed by atoms with Crippen LogP contribution in [0.3, 0.4) is 0 Å². The molecule has 132 heavy (non-hydrogen) atoms. The van der Waals surface area contributed by atoms with Crippen molar-refractivity contribution in [2.45, 2.75) is 289 Å². The number of nitrogens with one attached hydrogen (secondary N) is 19. The van der Waals surface area contributed by atoms with Crippen molar-refractivity contribution in [3.8, 4) is 5.75 Å². The van der Waals surface area contributed by atoms with E-state index in [1.54, 1.807) is 99.6 Å². The van der Waals surface area contributed by atoms with Gasteiger partial charge < -0.3 is 133 Å². The molecule has 0 radical (unpaired) electrons. The van der Waals surface area contributed by atoms with Gasteiger partial charge in [0.15, 0.2) is 11.9 Å². The van der Waals surface area contributed by atoms with E-state index in [4.69, 9.17) is 33.8 Å². The number of carbonyl (C=O) groups is 17. The van der Waals surface area contributed by atoms with Crippen molar-refractivity contribution in [2.75, 3.05) is 19.6 Å². The fourth-order valence-corrected chi connectivity index (χ4v) is 13.7. The van der Waals surface area contributed by atoms with E-state index >= 15 is 19.2 Å². The summed E-state index contributed by atoms with van der Waals surface area (Å²) in [6.07, 6.45) is 0.0308. The summed E-state index contributed by atoms with van der Waals surface area (Å²) in [7, 11) is 0. The summed E-state index contributed by atoms with van der Waals surface area (Å²) in [4.78, 5) is 244. The normalized spacial score (nSPS) is 14.7. The van der Waals surface area contributed by atoms with Crippen LogP contribution >= 0.6 is 0 Å². The highest BCUT2D eigenvalue weighted by Crippen LogP contribution is 2.19. The number of carboxylic acids is 3. The van der Waals surface area contributed by atoms with E-state index in [1.165, 1.54) is 50.6 Å². The van der Waals surface area contributed by atoms with E-state index < -0.39 is 228 Å². The number of carboxylic acid groups (broad SMARTS) is 3. The first-order valence-corrected chi connectivity index (χ1v) is 44.4. The number of phenols is 1. The molecule has 0 fully saturated rings. The maximum atomic E-state index is 15.1. The van der Waals surface area contributed by atoms with Crippen molar-refractivity contribution in [3.05, 3.63) is 83.9 Å². The van der Waals surface area contributed by atoms with Crippen LogP contribution < -0.4 is 108 Å². The van der Waals surface area contributed by atoms with Gasteiger partial charge in [0.05, 0.1) is 12.4 Å². The number of aliphatic carboxylic acids is 3. The fraction of sp³-hybridized carbons (Fsp3) is 0.609. The highest BCUT2D eigenvalue weighted by atomic mass is 16.4. The summed E-state index contributed by atoms with van der Waals surface area (Å²) in [6, 6.07) is -7.70. The average Bonchev–Trinajstić information content (AvgIpc) is 1.19. The predicted molar refractivity (Wildman–Crippen MR) is 486 cm³/mol. The largest absolute Gasteiger partial charge is 0.508 e. The number of carbonyl (C=O) groups excluding carboxylic acids is 14. The Hall–Kier alpha value is -13.1. The van der Waals surface area contributed by atoms with Gasteiger partial charge >= 0.3 is 17.9 Å². The molecule has 45 heteroatoms. The number of amides is 14. The lowest BCUT2D eigenvalue weighted by Gasteiger charge is -2.30. The molecule has 15 atom stereocenters. The number of guanidine groups is 2. The smallest absolute Gasteiger partial charge is 0.326 e. The molecule has 3 aromatic rings. The van der Waals surface area contributed by atoms with Crippen LogP contribution in [0.25, 0.3) is 0 Å². The third-order valence-electron chi connectivity index (χ3n) is 20.7. The van der Waals surface area contributed by atoms with Gasteiger partial charge in [-0.1, -0.05) is 112 Å². The van der Waals surface area contributed by atoms with Crippen LogP contribution in [0.5, 0.6) is 5.75 Å². The first kappa shape index (κ1) is 113. The maximum absolute atomic E-state index is 15.1. The average molecular weight is 1860 g/mol. The Kier molecular flexibility index (Phi) is 50.1. The van der Waals surface area contributed by atoms with Crippen LogP contribution in [0.2, 0.25) is 0 Å². The zero-order valence-corrected chi connectivity index (χ0v) is 77.2. The molecule has 45 nitrogen and oxygen atoms in total. The van der Waals surface area contributed by atoms with Crippen LogP contribution in [0, 0.1) is 40.4 Å². The minimum Gasteiger partial charge on any atom is -0.508 e. The van der Waals surface area contributed by atoms with E-state index in [-0.39, 0.29) is 139 Å². The number of rotatable bonds is 62. The maximum Gasteiger partial charge on any atom is 0.326 e. The molecule has 0 spiro atoms. The van der Waals surface area contributed by atoms with E-state index in [0.29, 0.717) is 23.2 Å². The molecule has 14 amide bonds. The van der Waals surface area contributed by atoms with Crippen molar-refractivity contribution in [1.82, 2.24) is 95.0 Å². The summed E-state index contributed by atoms with van der Waals surface area (Å²) < 4.78 is 0. The highest BCUT2D eigenvalue weighted by molar-refractivity contribution is 6.01. The summed E-state index contributed by atoms with van der Waals surface area (Å²) in [5, 5.41) is 95.9. The van der Waals surface area contributed by atoms with Gasteiger partial charge in [0, 0.05) is 57.1 Å². The van der Waals surface area contributed by atoms with Gasteiger partial charge in [-0.3, -0.25) is 87.5 Å². The van der Waals surface area contributed by atoms with Crippen molar-refractivity contribution < 1.29 is 102 Å². The predicted octanol–water partition coefficient (Wildman–Crippen LogP) is -2.39. The quantitative estimate of drug-likeness (QED) is 0.0159. The topological polar surface area (TPSA) is 744 Å². The van der Waals surface area contributed by atoms with Crippen molar-refractivity contribution in [1.29, 1.82) is 10.8 Å². The highest BCUT2D eigenvalue weighted by Gasteiger charge is 2.40. The van der Waals surface area contributed by atoms with Gasteiger partial charge in [-0.15, -0.1) is 0 Å². The Balaban J connectivity index is 2.05. The first-order chi connectivity index (χ1) is 62.1. The molecule has 31 N–H and O–H groups in total. The van der Waals surface area contributed by atoms with E-state index in [9.17, 15) is 82.8 Å². The van der Waals surface area contributed by atoms with E-state index in [0.717, 1.165) is 0 Å². The number of phenolic OH excluding ortho intramolecular Hbond substituents is 1. The third-order valence-corrected chi connectivity index (χ3v) is 20.7. The minimum atomic E-state index is -1.69. The number of H-pyrrole nitrogens is 1. The fourth-order valence-electron chi connectivity index (χ4n) is 13.7. The number of benzene rings is 2. The lowest BCUT2D eigenvalue weighted by atomic mass is 9.98. The van der Waals surface area contributed by atoms with Crippen molar-refractivity contribution >= 4 is 113 Å². The SMILES string of the molecule is CC(C)C[C@H](NC(=O)[C@H](CC(C)C)NC(=O)[C@H](CC(C)C)NC(=O)[C@H](Cc1ccccc1)NC(=O)[C@H](Cc1cnc[nH]1)NC(=O)[C@@H](NC(=O)[C@H](CC(C)C)NC(=O)[C@H](CCC(=O)O)NC(=O)[C@H](C)N)C(C)C)C(=O)N[C@@H](CCCCN)C(=O)N[C@@H](Cc1ccc(O)cc1)C(=O)N[C@@H](CCCNC(=N)N)C(=O)N[C@@H](C)C(=O)N[C@@H](CCCNC(=N)N)C(=O)N[C@@H](CCC(=O)O)C(=O)O. The number of nitrogens with zero attached hydrogens (tertiary/aromatic N) is 1. The molecule has 0 saturated heterocycles. The standard InChI is InChI=1S/C87H140N24O21/c1-45(2)36-61(77(123)101-56(22-16-17-33-88)75(121)108-66(41-53-25-27-55(112)28-26-53)80(126)102-57(23-18-34-95-86(90)91)73(119)98-51(12)72(118)100-58(24-19-35-96-87(92)93)74(120)103-60(85(131)132)30-32-69(115)116)105-78(124)62(37-46(3)4)106-79(125)63(38-47(5)6)107-81(127)65(40-52-20-14-13-15-21-52)109-82(128)67(42-54-43-94-44-97-54)110-84(130)70(49(9)10)111-83(129)64(39-48(7)8)104-76(122)59(29-31-68(113)114)99-71(117)50(11)89/h13-15,20-21,25-28,43-51,56-67,70,112H,16-19,22-24,29-42,88-89H2,1-12H3,(H,94,97)(H,98,119)(H,99,117)(H,100,118)(H,101,123)(H,102,126)(H,103,120)(H,104,122)(H,105,124)(H,106,125)(H,107,127)(H,108,121)(H,109,128)(H,110,130)(H,111,129)(H,113,114)(H,115,116)(H,131,132)(H4,90,91,95)(H4,92,93,96)/t50-,51-,56-,57-,58-,59-,60-,61-,62-,63-,64-,65-,66-,67-,70-/m0/s1. The number of hydrogen-bond acceptors (Lipinski definition) is 23. The number of aromatic amines is 1. The van der Waals surface area contributed by atoms with Gasteiger partial charge in [0.1, 0.15) is 90.3 Å². The van der Waals surface area contributed by atoms with Gasteiger partial charge in [0.2, 0.25) is 82.7 Å². The van der Waals surface area contributed by atoms with Crippen molar-refractivity contribution in [3.63, 3.8) is 0 Å². The van der Waals surface area contributed by atoms with Gasteiger partial charge in [-0.2, -0.15) is 0 Å². The second-order valence-electron chi connectivity index (χ2n) is 34.8. The van der Waals surface area contributed by atoms with Gasteiger partial charge in [-0.25, -0.2) is 9.78 Å². The molecule has 0 unspecified atom stereocenters. The molecule has 0 saturated carbocycles.